The van der Waals surface area contributed by atoms with Gasteiger partial charge >= 0.3 is 0 Å². The Hall–Kier alpha value is -0.450. The zero-order chi connectivity index (χ0) is 13.7. The number of ether oxygens (including phenoxy) is 1. The van der Waals surface area contributed by atoms with Crippen LogP contribution in [-0.4, -0.2) is 19.8 Å². The Morgan fingerprint density at radius 1 is 1.33 bits per heavy atom. The SMILES string of the molecule is COCC(NC(C)c1cc(Br)ccc1F)C(C)C. The summed E-state index contributed by atoms with van der Waals surface area (Å²) < 4.78 is 19.8. The van der Waals surface area contributed by atoms with E-state index in [-0.39, 0.29) is 17.9 Å². The van der Waals surface area contributed by atoms with E-state index in [4.69, 9.17) is 4.74 Å². The van der Waals surface area contributed by atoms with Crippen LogP contribution in [0.15, 0.2) is 22.7 Å². The van der Waals surface area contributed by atoms with Gasteiger partial charge in [-0.1, -0.05) is 29.8 Å². The average molecular weight is 318 g/mol. The van der Waals surface area contributed by atoms with Gasteiger partial charge in [-0.3, -0.25) is 0 Å². The first-order valence-corrected chi connectivity index (χ1v) is 6.95. The van der Waals surface area contributed by atoms with Gasteiger partial charge in [0, 0.05) is 29.2 Å². The Bertz CT molecular complexity index is 384. The molecule has 0 spiro atoms. The maximum Gasteiger partial charge on any atom is 0.128 e. The number of benzene rings is 1. The van der Waals surface area contributed by atoms with Crippen LogP contribution >= 0.6 is 15.9 Å². The fourth-order valence-electron chi connectivity index (χ4n) is 1.87. The van der Waals surface area contributed by atoms with Gasteiger partial charge in [0.2, 0.25) is 0 Å². The molecule has 0 aromatic heterocycles. The highest BCUT2D eigenvalue weighted by Crippen LogP contribution is 2.22. The predicted molar refractivity (Wildman–Crippen MR) is 76.2 cm³/mol. The standard InChI is InChI=1S/C14H21BrFNO/c1-9(2)14(8-18-4)17-10(3)12-7-11(15)5-6-13(12)16/h5-7,9-10,14,17H,8H2,1-4H3. The number of hydrogen-bond acceptors (Lipinski definition) is 2. The molecule has 1 N–H and O–H groups in total. The largest absolute Gasteiger partial charge is 0.383 e. The molecule has 0 saturated carbocycles. The molecule has 0 bridgehead atoms. The summed E-state index contributed by atoms with van der Waals surface area (Å²) in [6.45, 7) is 6.84. The molecule has 0 aliphatic rings. The van der Waals surface area contributed by atoms with Crippen molar-refractivity contribution in [2.45, 2.75) is 32.9 Å². The van der Waals surface area contributed by atoms with E-state index < -0.39 is 0 Å². The van der Waals surface area contributed by atoms with Crippen LogP contribution in [0.5, 0.6) is 0 Å². The first-order valence-electron chi connectivity index (χ1n) is 6.15. The number of hydrogen-bond donors (Lipinski definition) is 1. The Balaban J connectivity index is 2.79. The van der Waals surface area contributed by atoms with Crippen LogP contribution in [-0.2, 0) is 4.74 Å². The molecule has 2 nitrogen and oxygen atoms in total. The third-order valence-electron chi connectivity index (χ3n) is 3.04. The van der Waals surface area contributed by atoms with Crippen molar-refractivity contribution in [1.29, 1.82) is 0 Å². The first-order chi connectivity index (χ1) is 8.45. The minimum absolute atomic E-state index is 0.0509. The van der Waals surface area contributed by atoms with Gasteiger partial charge in [0.1, 0.15) is 5.82 Å². The maximum absolute atomic E-state index is 13.8. The summed E-state index contributed by atoms with van der Waals surface area (Å²) in [5.74, 6) is 0.251. The quantitative estimate of drug-likeness (QED) is 0.859. The van der Waals surface area contributed by atoms with Crippen molar-refractivity contribution in [3.63, 3.8) is 0 Å². The molecule has 2 atom stereocenters. The molecule has 0 fully saturated rings. The summed E-state index contributed by atoms with van der Waals surface area (Å²) in [5, 5.41) is 3.42. The average Bonchev–Trinajstić information content (AvgIpc) is 2.31. The van der Waals surface area contributed by atoms with Crippen LogP contribution in [0.1, 0.15) is 32.4 Å². The van der Waals surface area contributed by atoms with Crippen LogP contribution < -0.4 is 5.32 Å². The molecular formula is C14H21BrFNO. The number of rotatable bonds is 6. The van der Waals surface area contributed by atoms with Crippen LogP contribution in [0.2, 0.25) is 0 Å². The molecule has 0 radical (unpaired) electrons. The zero-order valence-corrected chi connectivity index (χ0v) is 12.9. The van der Waals surface area contributed by atoms with E-state index in [0.717, 1.165) is 4.47 Å². The Morgan fingerprint density at radius 3 is 2.56 bits per heavy atom. The molecule has 0 heterocycles. The molecule has 1 rings (SSSR count). The molecule has 0 aliphatic heterocycles. The van der Waals surface area contributed by atoms with Gasteiger partial charge in [0.25, 0.3) is 0 Å². The molecule has 1 aromatic carbocycles. The molecule has 0 aliphatic carbocycles. The van der Waals surface area contributed by atoms with E-state index >= 15 is 0 Å². The second-order valence-electron chi connectivity index (χ2n) is 4.86. The zero-order valence-electron chi connectivity index (χ0n) is 11.3. The van der Waals surface area contributed by atoms with Crippen LogP contribution in [0.3, 0.4) is 0 Å². The van der Waals surface area contributed by atoms with E-state index in [0.29, 0.717) is 18.1 Å². The lowest BCUT2D eigenvalue weighted by Crippen LogP contribution is -2.39. The molecular weight excluding hydrogens is 297 g/mol. The van der Waals surface area contributed by atoms with Crippen molar-refractivity contribution in [2.75, 3.05) is 13.7 Å². The van der Waals surface area contributed by atoms with E-state index in [2.05, 4.69) is 35.1 Å². The fourth-order valence-corrected chi connectivity index (χ4v) is 2.25. The molecule has 102 valence electrons. The summed E-state index contributed by atoms with van der Waals surface area (Å²) in [6.07, 6.45) is 0. The molecule has 0 amide bonds. The van der Waals surface area contributed by atoms with Crippen molar-refractivity contribution in [3.05, 3.63) is 34.1 Å². The topological polar surface area (TPSA) is 21.3 Å². The molecule has 0 saturated heterocycles. The highest BCUT2D eigenvalue weighted by Gasteiger charge is 2.18. The second-order valence-corrected chi connectivity index (χ2v) is 5.78. The number of nitrogens with one attached hydrogen (secondary N) is 1. The van der Waals surface area contributed by atoms with E-state index in [1.165, 1.54) is 6.07 Å². The fraction of sp³-hybridized carbons (Fsp3) is 0.571. The minimum atomic E-state index is -0.182. The van der Waals surface area contributed by atoms with Crippen molar-refractivity contribution in [1.82, 2.24) is 5.32 Å². The summed E-state index contributed by atoms with van der Waals surface area (Å²) in [6, 6.07) is 5.17. The smallest absolute Gasteiger partial charge is 0.128 e. The summed E-state index contributed by atoms with van der Waals surface area (Å²) in [7, 11) is 1.68. The third kappa shape index (κ3) is 4.34. The van der Waals surface area contributed by atoms with Gasteiger partial charge < -0.3 is 10.1 Å². The summed E-state index contributed by atoms with van der Waals surface area (Å²) >= 11 is 3.37. The lowest BCUT2D eigenvalue weighted by Gasteiger charge is -2.26. The maximum atomic E-state index is 13.8. The summed E-state index contributed by atoms with van der Waals surface area (Å²) in [5.41, 5.74) is 0.672. The van der Waals surface area contributed by atoms with Crippen molar-refractivity contribution >= 4 is 15.9 Å². The molecule has 4 heteroatoms. The van der Waals surface area contributed by atoms with E-state index in [1.54, 1.807) is 13.2 Å². The van der Waals surface area contributed by atoms with Crippen LogP contribution in [0.25, 0.3) is 0 Å². The Kier molecular flexibility index (Phi) is 6.26. The Morgan fingerprint density at radius 2 is 2.00 bits per heavy atom. The van der Waals surface area contributed by atoms with Gasteiger partial charge in [-0.2, -0.15) is 0 Å². The first kappa shape index (κ1) is 15.6. The predicted octanol–water partition coefficient (Wildman–Crippen LogP) is 3.91. The van der Waals surface area contributed by atoms with Gasteiger partial charge in [-0.05, 0) is 31.0 Å². The molecule has 18 heavy (non-hydrogen) atoms. The van der Waals surface area contributed by atoms with Crippen LogP contribution in [0.4, 0.5) is 4.39 Å². The molecule has 2 unspecified atom stereocenters. The minimum Gasteiger partial charge on any atom is -0.383 e. The van der Waals surface area contributed by atoms with Gasteiger partial charge in [0.15, 0.2) is 0 Å². The second kappa shape index (κ2) is 7.22. The normalized spacial score (nSPS) is 14.8. The monoisotopic (exact) mass is 317 g/mol. The number of halogens is 2. The van der Waals surface area contributed by atoms with E-state index in [1.807, 2.05) is 13.0 Å². The summed E-state index contributed by atoms with van der Waals surface area (Å²) in [4.78, 5) is 0. The highest BCUT2D eigenvalue weighted by atomic mass is 79.9. The highest BCUT2D eigenvalue weighted by molar-refractivity contribution is 9.10. The van der Waals surface area contributed by atoms with Crippen molar-refractivity contribution in [3.8, 4) is 0 Å². The van der Waals surface area contributed by atoms with Gasteiger partial charge in [-0.15, -0.1) is 0 Å². The lowest BCUT2D eigenvalue weighted by molar-refractivity contribution is 0.141. The van der Waals surface area contributed by atoms with Crippen LogP contribution in [0, 0.1) is 11.7 Å². The van der Waals surface area contributed by atoms with E-state index in [9.17, 15) is 4.39 Å². The number of methoxy groups -OCH3 is 1. The molecule has 1 aromatic rings. The lowest BCUT2D eigenvalue weighted by atomic mass is 10.0. The van der Waals surface area contributed by atoms with Gasteiger partial charge in [0.05, 0.1) is 6.61 Å². The third-order valence-corrected chi connectivity index (χ3v) is 3.53. The van der Waals surface area contributed by atoms with Gasteiger partial charge in [-0.25, -0.2) is 4.39 Å². The Labute approximate surface area is 117 Å². The van der Waals surface area contributed by atoms with Crippen molar-refractivity contribution < 1.29 is 9.13 Å². The van der Waals surface area contributed by atoms with Crippen molar-refractivity contribution in [2.24, 2.45) is 5.92 Å².